The summed E-state index contributed by atoms with van der Waals surface area (Å²) in [5, 5.41) is 5.61. The minimum Gasteiger partial charge on any atom is -0.354 e. The molecule has 4 nitrogen and oxygen atoms in total. The number of nitrogens with one attached hydrogen (secondary N) is 2. The lowest BCUT2D eigenvalue weighted by atomic mass is 9.87. The summed E-state index contributed by atoms with van der Waals surface area (Å²) in [7, 11) is 0. The number of rotatable bonds is 7. The predicted molar refractivity (Wildman–Crippen MR) is 96.7 cm³/mol. The fraction of sp³-hybridized carbons (Fsp3) is 0.600. The number of benzene rings is 1. The minimum atomic E-state index is -0.668. The van der Waals surface area contributed by atoms with Gasteiger partial charge >= 0.3 is 0 Å². The van der Waals surface area contributed by atoms with Crippen LogP contribution in [0.4, 0.5) is 4.39 Å². The lowest BCUT2D eigenvalue weighted by Gasteiger charge is -2.24. The molecular weight excluding hydrogens is 319 g/mol. The lowest BCUT2D eigenvalue weighted by Crippen LogP contribution is -2.50. The second-order valence-electron chi connectivity index (χ2n) is 7.26. The third-order valence-corrected chi connectivity index (χ3v) is 4.93. The van der Waals surface area contributed by atoms with Gasteiger partial charge in [-0.2, -0.15) is 0 Å². The van der Waals surface area contributed by atoms with Gasteiger partial charge in [-0.05, 0) is 30.4 Å². The van der Waals surface area contributed by atoms with E-state index in [1.807, 2.05) is 13.8 Å². The molecule has 1 aromatic rings. The van der Waals surface area contributed by atoms with E-state index < -0.39 is 17.8 Å². The Morgan fingerprint density at radius 3 is 2.48 bits per heavy atom. The molecule has 25 heavy (non-hydrogen) atoms. The topological polar surface area (TPSA) is 58.2 Å². The average molecular weight is 348 g/mol. The Labute approximate surface area is 149 Å². The highest BCUT2D eigenvalue weighted by molar-refractivity contribution is 5.97. The van der Waals surface area contributed by atoms with E-state index in [-0.39, 0.29) is 17.4 Å². The Morgan fingerprint density at radius 2 is 1.84 bits per heavy atom. The largest absolute Gasteiger partial charge is 0.354 e. The van der Waals surface area contributed by atoms with Gasteiger partial charge < -0.3 is 10.6 Å². The van der Waals surface area contributed by atoms with Crippen LogP contribution in [0, 0.1) is 17.7 Å². The second kappa shape index (κ2) is 9.54. The van der Waals surface area contributed by atoms with Crippen LogP contribution in [-0.2, 0) is 4.79 Å². The van der Waals surface area contributed by atoms with Crippen LogP contribution in [0.1, 0.15) is 62.7 Å². The zero-order valence-corrected chi connectivity index (χ0v) is 15.2. The highest BCUT2D eigenvalue weighted by Crippen LogP contribution is 2.25. The predicted octanol–water partition coefficient (Wildman–Crippen LogP) is 3.67. The summed E-state index contributed by atoms with van der Waals surface area (Å²) < 4.78 is 13.7. The van der Waals surface area contributed by atoms with Crippen LogP contribution in [-0.4, -0.2) is 24.4 Å². The van der Waals surface area contributed by atoms with Gasteiger partial charge in [-0.15, -0.1) is 0 Å². The Hall–Kier alpha value is -1.91. The number of carbonyl (C=O) groups is 2. The van der Waals surface area contributed by atoms with E-state index >= 15 is 0 Å². The standard InChI is InChI=1S/C20H29FN2O2/c1-14(2)18(23-19(24)16-10-6-7-11-17(16)21)20(25)22-13-12-15-8-4-3-5-9-15/h6-7,10-11,14-15,18H,3-5,8-9,12-13H2,1-2H3,(H,22,25)(H,23,24). The molecule has 1 aliphatic rings. The normalized spacial score (nSPS) is 16.5. The molecule has 138 valence electrons. The number of hydrogen-bond acceptors (Lipinski definition) is 2. The van der Waals surface area contributed by atoms with Crippen molar-refractivity contribution in [2.45, 2.75) is 58.4 Å². The van der Waals surface area contributed by atoms with Gasteiger partial charge in [0.25, 0.3) is 5.91 Å². The fourth-order valence-electron chi connectivity index (χ4n) is 3.38. The molecule has 1 saturated carbocycles. The summed E-state index contributed by atoms with van der Waals surface area (Å²) in [6.45, 7) is 4.36. The van der Waals surface area contributed by atoms with Crippen molar-refractivity contribution >= 4 is 11.8 Å². The van der Waals surface area contributed by atoms with Crippen molar-refractivity contribution in [2.24, 2.45) is 11.8 Å². The molecule has 1 fully saturated rings. The fourth-order valence-corrected chi connectivity index (χ4v) is 3.38. The highest BCUT2D eigenvalue weighted by Gasteiger charge is 2.25. The van der Waals surface area contributed by atoms with Gasteiger partial charge in [0.1, 0.15) is 11.9 Å². The van der Waals surface area contributed by atoms with Crippen LogP contribution in [0.5, 0.6) is 0 Å². The van der Waals surface area contributed by atoms with E-state index in [0.29, 0.717) is 12.5 Å². The molecule has 1 aliphatic carbocycles. The SMILES string of the molecule is CC(C)C(NC(=O)c1ccccc1F)C(=O)NCCC1CCCCC1. The summed E-state index contributed by atoms with van der Waals surface area (Å²) in [6.07, 6.45) is 7.36. The van der Waals surface area contributed by atoms with Crippen LogP contribution in [0.25, 0.3) is 0 Å². The summed E-state index contributed by atoms with van der Waals surface area (Å²) in [6, 6.07) is 5.13. The number of halogens is 1. The van der Waals surface area contributed by atoms with Gasteiger partial charge in [-0.25, -0.2) is 4.39 Å². The molecule has 0 bridgehead atoms. The highest BCUT2D eigenvalue weighted by atomic mass is 19.1. The summed E-state index contributed by atoms with van der Waals surface area (Å²) in [4.78, 5) is 24.7. The third-order valence-electron chi connectivity index (χ3n) is 4.93. The van der Waals surface area contributed by atoms with Crippen LogP contribution in [0.15, 0.2) is 24.3 Å². The van der Waals surface area contributed by atoms with Crippen LogP contribution < -0.4 is 10.6 Å². The van der Waals surface area contributed by atoms with Crippen LogP contribution in [0.3, 0.4) is 0 Å². The molecule has 0 spiro atoms. The zero-order valence-electron chi connectivity index (χ0n) is 15.2. The molecule has 2 rings (SSSR count). The molecule has 1 atom stereocenters. The van der Waals surface area contributed by atoms with Gasteiger partial charge in [0.15, 0.2) is 0 Å². The molecule has 0 radical (unpaired) electrons. The first-order valence-electron chi connectivity index (χ1n) is 9.32. The van der Waals surface area contributed by atoms with Gasteiger partial charge in [0, 0.05) is 6.54 Å². The van der Waals surface area contributed by atoms with Gasteiger partial charge in [-0.3, -0.25) is 9.59 Å². The molecule has 2 N–H and O–H groups in total. The maximum atomic E-state index is 13.7. The van der Waals surface area contributed by atoms with E-state index in [9.17, 15) is 14.0 Å². The van der Waals surface area contributed by atoms with Crippen molar-refractivity contribution in [2.75, 3.05) is 6.54 Å². The quantitative estimate of drug-likeness (QED) is 0.790. The van der Waals surface area contributed by atoms with Gasteiger partial charge in [-0.1, -0.05) is 58.1 Å². The molecule has 5 heteroatoms. The van der Waals surface area contributed by atoms with Crippen molar-refractivity contribution < 1.29 is 14.0 Å². The van der Waals surface area contributed by atoms with Gasteiger partial charge in [0.2, 0.25) is 5.91 Å². The first kappa shape index (κ1) is 19.4. The van der Waals surface area contributed by atoms with Crippen molar-refractivity contribution in [1.82, 2.24) is 10.6 Å². The Balaban J connectivity index is 1.87. The molecular formula is C20H29FN2O2. The van der Waals surface area contributed by atoms with Crippen molar-refractivity contribution in [3.8, 4) is 0 Å². The monoisotopic (exact) mass is 348 g/mol. The van der Waals surface area contributed by atoms with E-state index in [2.05, 4.69) is 10.6 Å². The molecule has 0 heterocycles. The molecule has 1 aromatic carbocycles. The second-order valence-corrected chi connectivity index (χ2v) is 7.26. The molecule has 2 amide bonds. The maximum absolute atomic E-state index is 13.7. The lowest BCUT2D eigenvalue weighted by molar-refractivity contribution is -0.124. The minimum absolute atomic E-state index is 0.0387. The Morgan fingerprint density at radius 1 is 1.16 bits per heavy atom. The number of amides is 2. The first-order valence-corrected chi connectivity index (χ1v) is 9.32. The van der Waals surface area contributed by atoms with E-state index in [1.54, 1.807) is 6.07 Å². The molecule has 0 aromatic heterocycles. The third kappa shape index (κ3) is 5.83. The Bertz CT molecular complexity index is 583. The summed E-state index contributed by atoms with van der Waals surface area (Å²) in [5.41, 5.74) is -0.0387. The zero-order chi connectivity index (χ0) is 18.2. The molecule has 1 unspecified atom stereocenters. The van der Waals surface area contributed by atoms with Crippen molar-refractivity contribution in [3.05, 3.63) is 35.6 Å². The van der Waals surface area contributed by atoms with Crippen molar-refractivity contribution in [3.63, 3.8) is 0 Å². The van der Waals surface area contributed by atoms with Crippen LogP contribution >= 0.6 is 0 Å². The molecule has 0 saturated heterocycles. The van der Waals surface area contributed by atoms with Crippen molar-refractivity contribution in [1.29, 1.82) is 0 Å². The van der Waals surface area contributed by atoms with E-state index in [4.69, 9.17) is 0 Å². The van der Waals surface area contributed by atoms with Crippen LogP contribution in [0.2, 0.25) is 0 Å². The maximum Gasteiger partial charge on any atom is 0.254 e. The Kier molecular flexibility index (Phi) is 7.41. The number of carbonyl (C=O) groups excluding carboxylic acids is 2. The van der Waals surface area contributed by atoms with Gasteiger partial charge in [0.05, 0.1) is 5.56 Å². The average Bonchev–Trinajstić information content (AvgIpc) is 2.60. The van der Waals surface area contributed by atoms with E-state index in [0.717, 1.165) is 6.42 Å². The van der Waals surface area contributed by atoms with E-state index in [1.165, 1.54) is 50.3 Å². The first-order chi connectivity index (χ1) is 12.0. The smallest absolute Gasteiger partial charge is 0.254 e. The summed E-state index contributed by atoms with van der Waals surface area (Å²) in [5.74, 6) is -0.722. The number of hydrogen-bond donors (Lipinski definition) is 2. The summed E-state index contributed by atoms with van der Waals surface area (Å²) >= 11 is 0. The molecule has 0 aliphatic heterocycles.